The van der Waals surface area contributed by atoms with Gasteiger partial charge in [0.15, 0.2) is 0 Å². The fourth-order valence-corrected chi connectivity index (χ4v) is 2.22. The predicted octanol–water partition coefficient (Wildman–Crippen LogP) is 2.16. The van der Waals surface area contributed by atoms with Crippen LogP contribution in [0.5, 0.6) is 11.5 Å². The number of aliphatic hydroxyl groups is 1. The zero-order valence-corrected chi connectivity index (χ0v) is 16.8. The maximum absolute atomic E-state index is 10.5. The molecule has 0 aromatic heterocycles. The van der Waals surface area contributed by atoms with Gasteiger partial charge >= 0.3 is 5.97 Å². The number of hydrogen-bond acceptors (Lipinski definition) is 7. The van der Waals surface area contributed by atoms with Crippen molar-refractivity contribution in [2.75, 3.05) is 38.9 Å². The Labute approximate surface area is 173 Å². The van der Waals surface area contributed by atoms with E-state index in [0.717, 1.165) is 18.8 Å². The highest BCUT2D eigenvalue weighted by Crippen LogP contribution is 2.19. The van der Waals surface area contributed by atoms with Gasteiger partial charge in [-0.2, -0.15) is 0 Å². The molecule has 8 nitrogen and oxygen atoms in total. The van der Waals surface area contributed by atoms with E-state index in [0.29, 0.717) is 17.2 Å². The van der Waals surface area contributed by atoms with E-state index in [2.05, 4.69) is 0 Å². The third kappa shape index (κ3) is 9.22. The lowest BCUT2D eigenvalue weighted by atomic mass is 10.2. The zero-order chi connectivity index (χ0) is 20.9. The molecule has 1 saturated heterocycles. The highest BCUT2D eigenvalue weighted by atomic mass is 16.5. The second-order valence-corrected chi connectivity index (χ2v) is 5.80. The molecular weight excluding hydrogens is 375 g/mol. The van der Waals surface area contributed by atoms with Gasteiger partial charge in [-0.15, -0.1) is 0 Å². The molecule has 0 amide bonds. The first-order valence-corrected chi connectivity index (χ1v) is 8.70. The second-order valence-electron chi connectivity index (χ2n) is 5.80. The van der Waals surface area contributed by atoms with E-state index in [4.69, 9.17) is 35.9 Å². The largest absolute Gasteiger partial charge is 0.497 e. The standard InChI is InChI=1S/C8H9NO3.C8H11NO2.C4H8O.B/c1-12-5-2-3-6(8(10)11)7(9)4-5;1-11-7-3-2-6(5-10)8(9)4-7;1-2-4-5-3-1;/h2-4H,9H2,1H3,(H,10,11);2-4,10H,5,9H2,1H3;1-4H2;. The normalized spacial score (nSPS) is 11.7. The van der Waals surface area contributed by atoms with Gasteiger partial charge < -0.3 is 35.9 Å². The summed E-state index contributed by atoms with van der Waals surface area (Å²) in [5, 5.41) is 17.4. The molecule has 0 saturated carbocycles. The second kappa shape index (κ2) is 14.1. The van der Waals surface area contributed by atoms with Crippen LogP contribution in [0.4, 0.5) is 11.4 Å². The molecule has 1 aliphatic heterocycles. The summed E-state index contributed by atoms with van der Waals surface area (Å²) in [4.78, 5) is 10.5. The monoisotopic (exact) mass is 403 g/mol. The van der Waals surface area contributed by atoms with Crippen LogP contribution in [-0.4, -0.2) is 52.0 Å². The van der Waals surface area contributed by atoms with Crippen LogP contribution >= 0.6 is 0 Å². The van der Waals surface area contributed by atoms with E-state index < -0.39 is 5.97 Å². The number of hydrogen-bond donors (Lipinski definition) is 4. The molecule has 0 bridgehead atoms. The van der Waals surface area contributed by atoms with Crippen molar-refractivity contribution in [1.29, 1.82) is 0 Å². The number of nitrogens with two attached hydrogens (primary N) is 2. The summed E-state index contributed by atoms with van der Waals surface area (Å²) in [6.45, 7) is 1.97. The van der Waals surface area contributed by atoms with Crippen LogP contribution in [0, 0.1) is 0 Å². The summed E-state index contributed by atoms with van der Waals surface area (Å²) in [5.74, 6) is 0.229. The van der Waals surface area contributed by atoms with Gasteiger partial charge in [-0.1, -0.05) is 6.07 Å². The van der Waals surface area contributed by atoms with Crippen molar-refractivity contribution in [1.82, 2.24) is 0 Å². The molecule has 0 unspecified atom stereocenters. The molecule has 29 heavy (non-hydrogen) atoms. The molecule has 0 spiro atoms. The Hall–Kier alpha value is -2.91. The highest BCUT2D eigenvalue weighted by molar-refractivity contribution is 5.93. The van der Waals surface area contributed by atoms with Gasteiger partial charge in [-0.25, -0.2) is 4.79 Å². The number of ether oxygens (including phenoxy) is 3. The maximum Gasteiger partial charge on any atom is 0.337 e. The number of aromatic carboxylic acids is 1. The summed E-state index contributed by atoms with van der Waals surface area (Å²) >= 11 is 0. The topological polar surface area (TPSA) is 137 Å². The fourth-order valence-electron chi connectivity index (χ4n) is 2.22. The van der Waals surface area contributed by atoms with Gasteiger partial charge in [0.25, 0.3) is 0 Å². The molecule has 0 atom stereocenters. The van der Waals surface area contributed by atoms with Crippen molar-refractivity contribution in [3.8, 4) is 11.5 Å². The van der Waals surface area contributed by atoms with Crippen molar-refractivity contribution in [2.24, 2.45) is 0 Å². The molecule has 9 heteroatoms. The summed E-state index contributed by atoms with van der Waals surface area (Å²) in [7, 11) is 3.07. The molecule has 3 radical (unpaired) electrons. The molecule has 157 valence electrons. The molecule has 0 aliphatic carbocycles. The first-order chi connectivity index (χ1) is 13.4. The first-order valence-electron chi connectivity index (χ1n) is 8.70. The quantitative estimate of drug-likeness (QED) is 0.450. The molecule has 1 heterocycles. The minimum Gasteiger partial charge on any atom is -0.497 e. The Morgan fingerprint density at radius 3 is 1.86 bits per heavy atom. The third-order valence-corrected chi connectivity index (χ3v) is 3.84. The molecule has 2 aromatic rings. The number of benzene rings is 2. The van der Waals surface area contributed by atoms with Gasteiger partial charge in [0.1, 0.15) is 11.5 Å². The van der Waals surface area contributed by atoms with Gasteiger partial charge in [0, 0.05) is 50.7 Å². The lowest BCUT2D eigenvalue weighted by molar-refractivity contribution is 0.0698. The van der Waals surface area contributed by atoms with Crippen molar-refractivity contribution in [2.45, 2.75) is 19.4 Å². The Kier molecular flexibility index (Phi) is 12.7. The number of rotatable bonds is 4. The van der Waals surface area contributed by atoms with Crippen LogP contribution in [0.25, 0.3) is 0 Å². The van der Waals surface area contributed by atoms with Crippen molar-refractivity contribution in [3.63, 3.8) is 0 Å². The Balaban J connectivity index is 0.000000427. The summed E-state index contributed by atoms with van der Waals surface area (Å²) in [6, 6.07) is 9.64. The lowest BCUT2D eigenvalue weighted by Gasteiger charge is -2.04. The minimum atomic E-state index is -1.03. The highest BCUT2D eigenvalue weighted by Gasteiger charge is 2.07. The smallest absolute Gasteiger partial charge is 0.337 e. The summed E-state index contributed by atoms with van der Waals surface area (Å²) in [5.41, 5.74) is 12.6. The fraction of sp³-hybridized carbons (Fsp3) is 0.350. The number of carbonyl (C=O) groups is 1. The van der Waals surface area contributed by atoms with Crippen molar-refractivity contribution >= 4 is 25.8 Å². The molecule has 2 aromatic carbocycles. The van der Waals surface area contributed by atoms with Gasteiger partial charge in [0.05, 0.1) is 26.4 Å². The molecule has 3 rings (SSSR count). The lowest BCUT2D eigenvalue weighted by Crippen LogP contribution is -2.02. The number of carboxylic acids is 1. The maximum atomic E-state index is 10.5. The summed E-state index contributed by atoms with van der Waals surface area (Å²) < 4.78 is 14.7. The van der Waals surface area contributed by atoms with Crippen molar-refractivity contribution < 1.29 is 29.2 Å². The van der Waals surface area contributed by atoms with Gasteiger partial charge in [-0.3, -0.25) is 0 Å². The van der Waals surface area contributed by atoms with Gasteiger partial charge in [0.2, 0.25) is 0 Å². The molecule has 1 aliphatic rings. The predicted molar refractivity (Wildman–Crippen MR) is 114 cm³/mol. The Morgan fingerprint density at radius 1 is 1.00 bits per heavy atom. The van der Waals surface area contributed by atoms with E-state index in [1.807, 2.05) is 0 Å². The first kappa shape index (κ1) is 26.1. The average Bonchev–Trinajstić information content (AvgIpc) is 3.28. The van der Waals surface area contributed by atoms with Crippen LogP contribution in [-0.2, 0) is 11.3 Å². The SMILES string of the molecule is C1CCOC1.COc1ccc(C(=O)O)c(N)c1.COc1ccc(CO)c(N)c1.[B]. The van der Waals surface area contributed by atoms with E-state index in [1.54, 1.807) is 31.4 Å². The number of aliphatic hydroxyl groups excluding tert-OH is 1. The van der Waals surface area contributed by atoms with Crippen LogP contribution in [0.2, 0.25) is 0 Å². The Bertz CT molecular complexity index is 746. The van der Waals surface area contributed by atoms with E-state index in [9.17, 15) is 4.79 Å². The zero-order valence-electron chi connectivity index (χ0n) is 16.8. The van der Waals surface area contributed by atoms with Crippen molar-refractivity contribution in [3.05, 3.63) is 47.5 Å². The van der Waals surface area contributed by atoms with E-state index in [1.165, 1.54) is 32.1 Å². The summed E-state index contributed by atoms with van der Waals surface area (Å²) in [6.07, 6.45) is 2.56. The number of carboxylic acid groups (broad SMARTS) is 1. The number of anilines is 2. The average molecular weight is 403 g/mol. The molecular formula is C20H28BN2O6. The molecule has 1 fully saturated rings. The van der Waals surface area contributed by atoms with Gasteiger partial charge in [-0.05, 0) is 31.0 Å². The van der Waals surface area contributed by atoms with Crippen LogP contribution in [0.1, 0.15) is 28.8 Å². The number of nitrogen functional groups attached to an aromatic ring is 2. The van der Waals surface area contributed by atoms with Crippen LogP contribution in [0.15, 0.2) is 36.4 Å². The number of methoxy groups -OCH3 is 2. The minimum absolute atomic E-state index is 0. The third-order valence-electron chi connectivity index (χ3n) is 3.84. The Morgan fingerprint density at radius 2 is 1.52 bits per heavy atom. The van der Waals surface area contributed by atoms with E-state index in [-0.39, 0.29) is 26.3 Å². The van der Waals surface area contributed by atoms with E-state index >= 15 is 0 Å². The van der Waals surface area contributed by atoms with Crippen LogP contribution in [0.3, 0.4) is 0 Å². The van der Waals surface area contributed by atoms with Crippen LogP contribution < -0.4 is 20.9 Å². The molecule has 6 N–H and O–H groups in total.